The summed E-state index contributed by atoms with van der Waals surface area (Å²) < 4.78 is 10.7. The van der Waals surface area contributed by atoms with Crippen LogP contribution >= 0.6 is 0 Å². The highest BCUT2D eigenvalue weighted by Gasteiger charge is 2.09. The predicted molar refractivity (Wildman–Crippen MR) is 97.3 cm³/mol. The highest BCUT2D eigenvalue weighted by atomic mass is 16.5. The van der Waals surface area contributed by atoms with Crippen molar-refractivity contribution >= 4 is 11.7 Å². The highest BCUT2D eigenvalue weighted by Crippen LogP contribution is 2.28. The molecule has 0 aromatic heterocycles. The lowest BCUT2D eigenvalue weighted by Crippen LogP contribution is -2.28. The van der Waals surface area contributed by atoms with Gasteiger partial charge >= 0.3 is 6.03 Å². The molecule has 0 saturated carbocycles. The number of ether oxygens (including phenoxy) is 2. The summed E-state index contributed by atoms with van der Waals surface area (Å²) in [6.45, 7) is 4.40. The molecule has 134 valence electrons. The Morgan fingerprint density at radius 1 is 1.12 bits per heavy atom. The minimum absolute atomic E-state index is 0.0645. The van der Waals surface area contributed by atoms with Crippen LogP contribution in [0.2, 0.25) is 0 Å². The molecule has 0 aliphatic carbocycles. The van der Waals surface area contributed by atoms with E-state index in [9.17, 15) is 4.79 Å². The number of amides is 2. The minimum atomic E-state index is -0.267. The highest BCUT2D eigenvalue weighted by molar-refractivity contribution is 5.90. The molecule has 0 aliphatic rings. The number of hydrogen-bond acceptors (Lipinski definition) is 4. The first-order valence-corrected chi connectivity index (χ1v) is 8.06. The zero-order valence-electron chi connectivity index (χ0n) is 14.8. The second kappa shape index (κ2) is 8.94. The molecule has 0 aliphatic heterocycles. The van der Waals surface area contributed by atoms with E-state index in [4.69, 9.17) is 14.6 Å². The molecule has 0 heterocycles. The maximum absolute atomic E-state index is 12.1. The number of anilines is 1. The van der Waals surface area contributed by atoms with Gasteiger partial charge in [0.05, 0.1) is 13.7 Å². The molecule has 0 radical (unpaired) electrons. The van der Waals surface area contributed by atoms with Crippen LogP contribution < -0.4 is 20.1 Å². The maximum atomic E-state index is 12.1. The minimum Gasteiger partial charge on any atom is -0.493 e. The van der Waals surface area contributed by atoms with Crippen LogP contribution in [0.5, 0.6) is 11.5 Å². The number of rotatable bonds is 7. The van der Waals surface area contributed by atoms with E-state index in [1.807, 2.05) is 38.1 Å². The van der Waals surface area contributed by atoms with Crippen molar-refractivity contribution in [1.29, 1.82) is 0 Å². The van der Waals surface area contributed by atoms with E-state index in [0.717, 1.165) is 22.4 Å². The van der Waals surface area contributed by atoms with E-state index in [1.165, 1.54) is 0 Å². The number of carbonyl (C=O) groups is 1. The number of aliphatic hydroxyl groups is 1. The zero-order valence-corrected chi connectivity index (χ0v) is 14.8. The van der Waals surface area contributed by atoms with Gasteiger partial charge in [-0.3, -0.25) is 0 Å². The van der Waals surface area contributed by atoms with Gasteiger partial charge in [0.2, 0.25) is 0 Å². The van der Waals surface area contributed by atoms with Crippen molar-refractivity contribution in [3.63, 3.8) is 0 Å². The number of nitrogens with one attached hydrogen (secondary N) is 2. The first kappa shape index (κ1) is 18.6. The normalized spacial score (nSPS) is 10.2. The molecule has 6 heteroatoms. The topological polar surface area (TPSA) is 79.8 Å². The molecule has 2 amide bonds. The Morgan fingerprint density at radius 3 is 2.48 bits per heavy atom. The number of urea groups is 1. The maximum Gasteiger partial charge on any atom is 0.319 e. The molecule has 2 rings (SSSR count). The number of para-hydroxylation sites is 1. The molecule has 0 fully saturated rings. The van der Waals surface area contributed by atoms with Crippen molar-refractivity contribution in [2.24, 2.45) is 0 Å². The van der Waals surface area contributed by atoms with E-state index in [0.29, 0.717) is 18.0 Å². The molecule has 0 bridgehead atoms. The second-order valence-electron chi connectivity index (χ2n) is 5.63. The Labute approximate surface area is 147 Å². The summed E-state index contributed by atoms with van der Waals surface area (Å²) >= 11 is 0. The molecular weight excluding hydrogens is 320 g/mol. The van der Waals surface area contributed by atoms with Gasteiger partial charge in [-0.15, -0.1) is 0 Å². The standard InChI is InChI=1S/C19H24N2O4/c1-13-5-4-6-14(2)18(13)21-19(23)20-12-15-7-8-16(25-10-9-22)17(11-15)24-3/h4-8,11,22H,9-10,12H2,1-3H3,(H2,20,21,23). The van der Waals surface area contributed by atoms with E-state index in [-0.39, 0.29) is 19.2 Å². The molecule has 3 N–H and O–H groups in total. The summed E-state index contributed by atoms with van der Waals surface area (Å²) in [7, 11) is 1.55. The lowest BCUT2D eigenvalue weighted by molar-refractivity contribution is 0.196. The molecule has 0 atom stereocenters. The number of methoxy groups -OCH3 is 1. The first-order valence-electron chi connectivity index (χ1n) is 8.06. The molecule has 6 nitrogen and oxygen atoms in total. The second-order valence-corrected chi connectivity index (χ2v) is 5.63. The van der Waals surface area contributed by atoms with Crippen LogP contribution in [0.3, 0.4) is 0 Å². The van der Waals surface area contributed by atoms with Gasteiger partial charge in [0.1, 0.15) is 6.61 Å². The molecule has 0 unspecified atom stereocenters. The fourth-order valence-electron chi connectivity index (χ4n) is 2.45. The molecule has 0 saturated heterocycles. The van der Waals surface area contributed by atoms with Crippen molar-refractivity contribution in [3.05, 3.63) is 53.1 Å². The predicted octanol–water partition coefficient (Wildman–Crippen LogP) is 3.00. The van der Waals surface area contributed by atoms with Gasteiger partial charge in [-0.25, -0.2) is 4.79 Å². The van der Waals surface area contributed by atoms with Crippen LogP contribution in [-0.2, 0) is 6.54 Å². The fourth-order valence-corrected chi connectivity index (χ4v) is 2.45. The third kappa shape index (κ3) is 5.12. The van der Waals surface area contributed by atoms with Gasteiger partial charge in [0.25, 0.3) is 0 Å². The van der Waals surface area contributed by atoms with Gasteiger partial charge in [0, 0.05) is 12.2 Å². The number of aliphatic hydroxyl groups excluding tert-OH is 1. The Bertz CT molecular complexity index is 711. The Morgan fingerprint density at radius 2 is 1.84 bits per heavy atom. The quantitative estimate of drug-likeness (QED) is 0.721. The van der Waals surface area contributed by atoms with Gasteiger partial charge in [-0.1, -0.05) is 24.3 Å². The van der Waals surface area contributed by atoms with Crippen molar-refractivity contribution in [2.75, 3.05) is 25.6 Å². The average Bonchev–Trinajstić information content (AvgIpc) is 2.61. The largest absolute Gasteiger partial charge is 0.493 e. The Balaban J connectivity index is 1.97. The third-order valence-corrected chi connectivity index (χ3v) is 3.75. The van der Waals surface area contributed by atoms with Crippen LogP contribution in [0.25, 0.3) is 0 Å². The van der Waals surface area contributed by atoms with E-state index in [1.54, 1.807) is 19.2 Å². The monoisotopic (exact) mass is 344 g/mol. The van der Waals surface area contributed by atoms with Gasteiger partial charge < -0.3 is 25.2 Å². The number of benzene rings is 2. The van der Waals surface area contributed by atoms with Gasteiger partial charge in [-0.2, -0.15) is 0 Å². The van der Waals surface area contributed by atoms with Crippen LogP contribution in [0.15, 0.2) is 36.4 Å². The van der Waals surface area contributed by atoms with E-state index in [2.05, 4.69) is 10.6 Å². The third-order valence-electron chi connectivity index (χ3n) is 3.75. The average molecular weight is 344 g/mol. The zero-order chi connectivity index (χ0) is 18.2. The molecule has 25 heavy (non-hydrogen) atoms. The van der Waals surface area contributed by atoms with Crippen molar-refractivity contribution in [2.45, 2.75) is 20.4 Å². The Kier molecular flexibility index (Phi) is 6.65. The van der Waals surface area contributed by atoms with Crippen molar-refractivity contribution in [1.82, 2.24) is 5.32 Å². The van der Waals surface area contributed by atoms with Crippen LogP contribution in [-0.4, -0.2) is 31.5 Å². The summed E-state index contributed by atoms with van der Waals surface area (Å²) in [5.74, 6) is 1.11. The van der Waals surface area contributed by atoms with Crippen molar-refractivity contribution in [3.8, 4) is 11.5 Å². The fraction of sp³-hybridized carbons (Fsp3) is 0.316. The van der Waals surface area contributed by atoms with Gasteiger partial charge in [-0.05, 0) is 42.7 Å². The summed E-state index contributed by atoms with van der Waals surface area (Å²) in [6, 6.07) is 11.0. The first-order chi connectivity index (χ1) is 12.0. The Hall–Kier alpha value is -2.73. The van der Waals surface area contributed by atoms with E-state index >= 15 is 0 Å². The lowest BCUT2D eigenvalue weighted by Gasteiger charge is -2.14. The SMILES string of the molecule is COc1cc(CNC(=O)Nc2c(C)cccc2C)ccc1OCCO. The van der Waals surface area contributed by atoms with Crippen LogP contribution in [0.4, 0.5) is 10.5 Å². The molecule has 2 aromatic rings. The summed E-state index contributed by atoms with van der Waals surface area (Å²) in [5, 5.41) is 14.5. The number of aryl methyl sites for hydroxylation is 2. The summed E-state index contributed by atoms with van der Waals surface area (Å²) in [4.78, 5) is 12.1. The van der Waals surface area contributed by atoms with Crippen LogP contribution in [0, 0.1) is 13.8 Å². The number of hydrogen-bond donors (Lipinski definition) is 3. The smallest absolute Gasteiger partial charge is 0.319 e. The van der Waals surface area contributed by atoms with Gasteiger partial charge in [0.15, 0.2) is 11.5 Å². The van der Waals surface area contributed by atoms with Crippen molar-refractivity contribution < 1.29 is 19.4 Å². The van der Waals surface area contributed by atoms with E-state index < -0.39 is 0 Å². The molecule has 2 aromatic carbocycles. The number of carbonyl (C=O) groups excluding carboxylic acids is 1. The van der Waals surface area contributed by atoms with Crippen LogP contribution in [0.1, 0.15) is 16.7 Å². The molecular formula is C19H24N2O4. The lowest BCUT2D eigenvalue weighted by atomic mass is 10.1. The molecule has 0 spiro atoms. The summed E-state index contributed by atoms with van der Waals surface area (Å²) in [6.07, 6.45) is 0. The summed E-state index contributed by atoms with van der Waals surface area (Å²) in [5.41, 5.74) is 3.74.